The fourth-order valence-corrected chi connectivity index (χ4v) is 5.89. The Kier molecular flexibility index (Phi) is 6.27. The lowest BCUT2D eigenvalue weighted by atomic mass is 10.2. The molecule has 1 aliphatic heterocycles. The molecule has 1 N–H and O–H groups in total. The molecule has 0 radical (unpaired) electrons. The zero-order chi connectivity index (χ0) is 19.6. The predicted octanol–water partition coefficient (Wildman–Crippen LogP) is 2.96. The Morgan fingerprint density at radius 3 is 2.85 bits per heavy atom. The van der Waals surface area contributed by atoms with Gasteiger partial charge in [-0.05, 0) is 24.6 Å². The third-order valence-corrected chi connectivity index (χ3v) is 7.06. The number of aryl methyl sites for hydroxylation is 1. The van der Waals surface area contributed by atoms with Crippen LogP contribution in [0.15, 0.2) is 22.4 Å². The van der Waals surface area contributed by atoms with Gasteiger partial charge in [0, 0.05) is 29.9 Å². The van der Waals surface area contributed by atoms with E-state index < -0.39 is 10.0 Å². The first-order valence-corrected chi connectivity index (χ1v) is 11.2. The van der Waals surface area contributed by atoms with Gasteiger partial charge in [-0.1, -0.05) is 23.2 Å². The number of sulfonamides is 1. The lowest BCUT2D eigenvalue weighted by Crippen LogP contribution is -2.42. The minimum absolute atomic E-state index is 0.0239. The van der Waals surface area contributed by atoms with Crippen molar-refractivity contribution in [3.8, 4) is 0 Å². The number of thiazole rings is 1. The number of carbonyl (C=O) groups is 1. The molecule has 3 rings (SSSR count). The number of ether oxygens (including phenoxy) is 1. The second-order valence-corrected chi connectivity index (χ2v) is 9.29. The van der Waals surface area contributed by atoms with Crippen LogP contribution in [0.2, 0.25) is 10.0 Å². The van der Waals surface area contributed by atoms with Crippen LogP contribution in [0.5, 0.6) is 0 Å². The van der Waals surface area contributed by atoms with E-state index in [0.717, 1.165) is 0 Å². The number of nitrogens with zero attached hydrogens (tertiary/aromatic N) is 2. The highest BCUT2D eigenvalue weighted by atomic mass is 35.5. The quantitative estimate of drug-likeness (QED) is 0.731. The van der Waals surface area contributed by atoms with Crippen molar-refractivity contribution in [2.24, 2.45) is 0 Å². The average Bonchev–Trinajstić information content (AvgIpc) is 2.99. The summed E-state index contributed by atoms with van der Waals surface area (Å²) in [5.41, 5.74) is 1.15. The molecule has 0 spiro atoms. The molecule has 1 aromatic heterocycles. The first kappa shape index (κ1) is 20.3. The van der Waals surface area contributed by atoms with Crippen LogP contribution in [0.25, 0.3) is 0 Å². The Morgan fingerprint density at radius 2 is 2.15 bits per heavy atom. The van der Waals surface area contributed by atoms with E-state index in [1.165, 1.54) is 23.5 Å². The highest BCUT2D eigenvalue weighted by Crippen LogP contribution is 2.31. The van der Waals surface area contributed by atoms with Crippen LogP contribution in [0.1, 0.15) is 11.3 Å². The van der Waals surface area contributed by atoms with Crippen molar-refractivity contribution in [2.75, 3.05) is 31.0 Å². The largest absolute Gasteiger partial charge is 0.370 e. The van der Waals surface area contributed by atoms with Crippen LogP contribution in [-0.2, 0) is 26.0 Å². The molecule has 7 nitrogen and oxygen atoms in total. The van der Waals surface area contributed by atoms with E-state index in [-0.39, 0.29) is 27.6 Å². The zero-order valence-corrected chi connectivity index (χ0v) is 17.5. The van der Waals surface area contributed by atoms with E-state index in [1.54, 1.807) is 17.2 Å². The normalized spacial score (nSPS) is 15.2. The molecule has 1 amide bonds. The van der Waals surface area contributed by atoms with E-state index >= 15 is 0 Å². The van der Waals surface area contributed by atoms with Crippen molar-refractivity contribution < 1.29 is 17.9 Å². The number of hydrogen-bond donors (Lipinski definition) is 1. The average molecular weight is 450 g/mol. The highest BCUT2D eigenvalue weighted by molar-refractivity contribution is 7.93. The summed E-state index contributed by atoms with van der Waals surface area (Å²) >= 11 is 13.1. The third-order valence-electron chi connectivity index (χ3n) is 3.96. The number of aromatic nitrogens is 1. The van der Waals surface area contributed by atoms with Crippen molar-refractivity contribution in [3.63, 3.8) is 0 Å². The summed E-state index contributed by atoms with van der Waals surface area (Å²) in [4.78, 5) is 17.7. The maximum absolute atomic E-state index is 12.7. The van der Waals surface area contributed by atoms with Crippen molar-refractivity contribution >= 4 is 55.6 Å². The SMILES string of the molecule is Cc1cc(Cl)cc(Cl)c1S(=O)(=O)Nc1nc(CCN2CCOCC2=O)cs1. The first-order valence-electron chi connectivity index (χ1n) is 8.04. The lowest BCUT2D eigenvalue weighted by Gasteiger charge is -2.26. The van der Waals surface area contributed by atoms with E-state index in [2.05, 4.69) is 9.71 Å². The molecule has 0 bridgehead atoms. The minimum atomic E-state index is -3.90. The summed E-state index contributed by atoms with van der Waals surface area (Å²) in [5, 5.41) is 2.42. The number of rotatable bonds is 6. The number of carbonyl (C=O) groups excluding carboxylic acids is 1. The van der Waals surface area contributed by atoms with Crippen molar-refractivity contribution in [1.82, 2.24) is 9.88 Å². The van der Waals surface area contributed by atoms with E-state index in [0.29, 0.717) is 42.4 Å². The van der Waals surface area contributed by atoms with Crippen LogP contribution in [0, 0.1) is 6.92 Å². The van der Waals surface area contributed by atoms with Crippen LogP contribution in [0.4, 0.5) is 5.13 Å². The molecular formula is C16H17Cl2N3O4S2. The highest BCUT2D eigenvalue weighted by Gasteiger charge is 2.23. The number of benzene rings is 1. The maximum Gasteiger partial charge on any atom is 0.265 e. The number of amides is 1. The predicted molar refractivity (Wildman–Crippen MR) is 105 cm³/mol. The van der Waals surface area contributed by atoms with Gasteiger partial charge >= 0.3 is 0 Å². The van der Waals surface area contributed by atoms with Gasteiger partial charge < -0.3 is 9.64 Å². The Balaban J connectivity index is 1.69. The van der Waals surface area contributed by atoms with Crippen LogP contribution in [0.3, 0.4) is 0 Å². The Hall–Kier alpha value is -1.39. The van der Waals surface area contributed by atoms with Gasteiger partial charge in [-0.25, -0.2) is 13.4 Å². The molecule has 146 valence electrons. The second-order valence-electron chi connectivity index (χ2n) is 5.97. The van der Waals surface area contributed by atoms with Gasteiger partial charge in [0.2, 0.25) is 5.91 Å². The van der Waals surface area contributed by atoms with Crippen molar-refractivity contribution in [1.29, 1.82) is 0 Å². The Bertz CT molecular complexity index is 939. The molecule has 1 aromatic carbocycles. The lowest BCUT2D eigenvalue weighted by molar-refractivity contribution is -0.142. The monoisotopic (exact) mass is 449 g/mol. The van der Waals surface area contributed by atoms with Crippen molar-refractivity contribution in [2.45, 2.75) is 18.2 Å². The molecule has 11 heteroatoms. The maximum atomic E-state index is 12.7. The summed E-state index contributed by atoms with van der Waals surface area (Å²) in [6, 6.07) is 2.92. The molecule has 2 heterocycles. The standard InChI is InChI=1S/C16H17Cl2N3O4S2/c1-10-6-11(17)7-13(18)15(10)27(23,24)20-16-19-12(9-26-16)2-3-21-4-5-25-8-14(21)22/h6-7,9H,2-5,8H2,1H3,(H,19,20). The molecule has 27 heavy (non-hydrogen) atoms. The third kappa shape index (κ3) is 4.91. The fraction of sp³-hybridized carbons (Fsp3) is 0.375. The van der Waals surface area contributed by atoms with Gasteiger partial charge in [0.15, 0.2) is 5.13 Å². The van der Waals surface area contributed by atoms with Gasteiger partial charge in [0.05, 0.1) is 17.3 Å². The molecule has 2 aromatic rings. The van der Waals surface area contributed by atoms with Crippen LogP contribution < -0.4 is 4.72 Å². The van der Waals surface area contributed by atoms with Crippen molar-refractivity contribution in [3.05, 3.63) is 38.8 Å². The molecule has 0 saturated carbocycles. The summed E-state index contributed by atoms with van der Waals surface area (Å²) < 4.78 is 32.9. The van der Waals surface area contributed by atoms with Gasteiger partial charge in [-0.3, -0.25) is 9.52 Å². The molecule has 0 aliphatic carbocycles. The number of hydrogen-bond acceptors (Lipinski definition) is 6. The Morgan fingerprint density at radius 1 is 1.37 bits per heavy atom. The van der Waals surface area contributed by atoms with Crippen LogP contribution >= 0.6 is 34.5 Å². The molecule has 1 fully saturated rings. The van der Waals surface area contributed by atoms with E-state index in [4.69, 9.17) is 27.9 Å². The second kappa shape index (κ2) is 8.32. The number of halogens is 2. The molecule has 1 saturated heterocycles. The molecular weight excluding hydrogens is 433 g/mol. The number of morpholine rings is 1. The minimum Gasteiger partial charge on any atom is -0.370 e. The van der Waals surface area contributed by atoms with E-state index in [9.17, 15) is 13.2 Å². The topological polar surface area (TPSA) is 88.6 Å². The molecule has 0 unspecified atom stereocenters. The number of nitrogens with one attached hydrogen (secondary N) is 1. The molecule has 1 aliphatic rings. The summed E-state index contributed by atoms with van der Waals surface area (Å²) in [6.45, 7) is 3.31. The Labute approximate surface area is 171 Å². The van der Waals surface area contributed by atoms with Gasteiger partial charge in [-0.15, -0.1) is 11.3 Å². The molecule has 0 atom stereocenters. The van der Waals surface area contributed by atoms with E-state index in [1.807, 2.05) is 0 Å². The smallest absolute Gasteiger partial charge is 0.265 e. The fourth-order valence-electron chi connectivity index (χ4n) is 2.70. The van der Waals surface area contributed by atoms with Gasteiger partial charge in [0.1, 0.15) is 11.5 Å². The summed E-state index contributed by atoms with van der Waals surface area (Å²) in [7, 11) is -3.90. The number of anilines is 1. The van der Waals surface area contributed by atoms with Gasteiger partial charge in [-0.2, -0.15) is 0 Å². The van der Waals surface area contributed by atoms with Crippen LogP contribution in [-0.4, -0.2) is 50.5 Å². The first-order chi connectivity index (χ1) is 12.8. The summed E-state index contributed by atoms with van der Waals surface area (Å²) in [5.74, 6) is -0.0507. The zero-order valence-electron chi connectivity index (χ0n) is 14.4. The van der Waals surface area contributed by atoms with Gasteiger partial charge in [0.25, 0.3) is 10.0 Å². The summed E-state index contributed by atoms with van der Waals surface area (Å²) in [6.07, 6.45) is 0.532.